The van der Waals surface area contributed by atoms with Crippen LogP contribution in [0.25, 0.3) is 0 Å². The van der Waals surface area contributed by atoms with Gasteiger partial charge >= 0.3 is 0 Å². The zero-order chi connectivity index (χ0) is 12.8. The highest BCUT2D eigenvalue weighted by Gasteiger charge is 2.14. The molecule has 1 atom stereocenters. The number of benzene rings is 1. The fourth-order valence-electron chi connectivity index (χ4n) is 1.77. The quantitative estimate of drug-likeness (QED) is 0.734. The molecule has 0 aliphatic heterocycles. The molecular weight excluding hydrogens is 238 g/mol. The highest BCUT2D eigenvalue weighted by Crippen LogP contribution is 2.25. The van der Waals surface area contributed by atoms with Crippen LogP contribution < -0.4 is 5.32 Å². The van der Waals surface area contributed by atoms with Crippen molar-refractivity contribution < 1.29 is 10.2 Å². The lowest BCUT2D eigenvalue weighted by molar-refractivity contribution is 0.243. The summed E-state index contributed by atoms with van der Waals surface area (Å²) in [5.41, 5.74) is 0.706. The predicted molar refractivity (Wildman–Crippen MR) is 70.3 cm³/mol. The number of phenolic OH excluding ortho intramolecular Hbond substituents is 1. The van der Waals surface area contributed by atoms with Crippen molar-refractivity contribution in [1.82, 2.24) is 5.32 Å². The van der Waals surface area contributed by atoms with Crippen molar-refractivity contribution >= 4 is 11.6 Å². The third-order valence-corrected chi connectivity index (χ3v) is 3.23. The zero-order valence-corrected chi connectivity index (χ0v) is 11.0. The molecular formula is C13H20ClNO2. The molecule has 0 bridgehead atoms. The molecule has 0 heterocycles. The van der Waals surface area contributed by atoms with Gasteiger partial charge in [-0.3, -0.25) is 0 Å². The Morgan fingerprint density at radius 2 is 2.06 bits per heavy atom. The van der Waals surface area contributed by atoms with Gasteiger partial charge in [0.25, 0.3) is 0 Å². The van der Waals surface area contributed by atoms with Gasteiger partial charge in [-0.2, -0.15) is 0 Å². The molecule has 17 heavy (non-hydrogen) atoms. The van der Waals surface area contributed by atoms with Crippen LogP contribution in [0.3, 0.4) is 0 Å². The van der Waals surface area contributed by atoms with E-state index in [2.05, 4.69) is 19.2 Å². The summed E-state index contributed by atoms with van der Waals surface area (Å²) in [5, 5.41) is 22.5. The molecule has 3 N–H and O–H groups in total. The molecule has 0 aromatic heterocycles. The molecule has 1 unspecified atom stereocenters. The van der Waals surface area contributed by atoms with E-state index in [-0.39, 0.29) is 18.4 Å². The van der Waals surface area contributed by atoms with E-state index in [0.717, 1.165) is 0 Å². The maximum Gasteiger partial charge on any atom is 0.121 e. The van der Waals surface area contributed by atoms with Crippen molar-refractivity contribution in [2.24, 2.45) is 5.92 Å². The highest BCUT2D eigenvalue weighted by molar-refractivity contribution is 6.31. The van der Waals surface area contributed by atoms with E-state index in [0.29, 0.717) is 29.5 Å². The number of hydrogen-bond donors (Lipinski definition) is 3. The molecule has 0 saturated heterocycles. The lowest BCUT2D eigenvalue weighted by Gasteiger charge is -2.22. The van der Waals surface area contributed by atoms with Crippen LogP contribution >= 0.6 is 11.6 Å². The molecule has 0 fully saturated rings. The third-order valence-electron chi connectivity index (χ3n) is 2.88. The number of hydrogen-bond acceptors (Lipinski definition) is 3. The van der Waals surface area contributed by atoms with Crippen molar-refractivity contribution in [2.45, 2.75) is 32.9 Å². The van der Waals surface area contributed by atoms with E-state index in [1.165, 1.54) is 0 Å². The van der Waals surface area contributed by atoms with Crippen LogP contribution in [0.15, 0.2) is 18.2 Å². The monoisotopic (exact) mass is 257 g/mol. The number of aliphatic hydroxyl groups excluding tert-OH is 1. The Balaban J connectivity index is 2.65. The summed E-state index contributed by atoms with van der Waals surface area (Å²) in [4.78, 5) is 0. The van der Waals surface area contributed by atoms with Crippen LogP contribution in [0, 0.1) is 5.92 Å². The average Bonchev–Trinajstić information content (AvgIpc) is 2.26. The number of aromatic hydroxyl groups is 1. The van der Waals surface area contributed by atoms with Crippen molar-refractivity contribution in [2.75, 3.05) is 6.61 Å². The third kappa shape index (κ3) is 4.19. The second-order valence-electron chi connectivity index (χ2n) is 4.48. The standard InChI is InChI=1S/C13H20ClNO2/c1-9(2)12(6-7-16)15-8-10-11(14)4-3-5-13(10)17/h3-5,9,12,15-17H,6-8H2,1-2H3. The van der Waals surface area contributed by atoms with Gasteiger partial charge in [0.2, 0.25) is 0 Å². The topological polar surface area (TPSA) is 52.5 Å². The van der Waals surface area contributed by atoms with E-state index in [9.17, 15) is 5.11 Å². The fourth-order valence-corrected chi connectivity index (χ4v) is 2.00. The molecule has 1 rings (SSSR count). The summed E-state index contributed by atoms with van der Waals surface area (Å²) >= 11 is 6.02. The highest BCUT2D eigenvalue weighted by atomic mass is 35.5. The molecule has 0 saturated carbocycles. The molecule has 1 aromatic carbocycles. The van der Waals surface area contributed by atoms with Crippen molar-refractivity contribution in [3.05, 3.63) is 28.8 Å². The van der Waals surface area contributed by atoms with Gasteiger partial charge < -0.3 is 15.5 Å². The van der Waals surface area contributed by atoms with Crippen LogP contribution in [0.4, 0.5) is 0 Å². The number of rotatable bonds is 6. The second kappa shape index (κ2) is 6.84. The van der Waals surface area contributed by atoms with E-state index in [4.69, 9.17) is 16.7 Å². The maximum atomic E-state index is 9.70. The number of halogens is 1. The first-order chi connectivity index (χ1) is 8.06. The minimum Gasteiger partial charge on any atom is -0.508 e. The second-order valence-corrected chi connectivity index (χ2v) is 4.89. The summed E-state index contributed by atoms with van der Waals surface area (Å²) < 4.78 is 0. The Kier molecular flexibility index (Phi) is 5.75. The van der Waals surface area contributed by atoms with Crippen LogP contribution in [0.1, 0.15) is 25.8 Å². The first kappa shape index (κ1) is 14.3. The molecule has 0 amide bonds. The van der Waals surface area contributed by atoms with E-state index in [1.807, 2.05) is 0 Å². The van der Waals surface area contributed by atoms with Crippen LogP contribution in [-0.2, 0) is 6.54 Å². The van der Waals surface area contributed by atoms with Gasteiger partial charge in [0.1, 0.15) is 5.75 Å². The van der Waals surface area contributed by atoms with Gasteiger partial charge in [0.15, 0.2) is 0 Å². The van der Waals surface area contributed by atoms with E-state index >= 15 is 0 Å². The summed E-state index contributed by atoms with van der Waals surface area (Å²) in [6.45, 7) is 4.86. The normalized spacial score (nSPS) is 13.0. The number of aliphatic hydroxyl groups is 1. The molecule has 1 aromatic rings. The molecule has 96 valence electrons. The average molecular weight is 258 g/mol. The first-order valence-corrected chi connectivity index (χ1v) is 6.24. The van der Waals surface area contributed by atoms with Gasteiger partial charge in [-0.05, 0) is 24.5 Å². The Hall–Kier alpha value is -0.770. The van der Waals surface area contributed by atoms with Gasteiger partial charge in [-0.15, -0.1) is 0 Å². The summed E-state index contributed by atoms with van der Waals surface area (Å²) in [7, 11) is 0. The number of nitrogens with one attached hydrogen (secondary N) is 1. The predicted octanol–water partition coefficient (Wildman–Crippen LogP) is 2.54. The van der Waals surface area contributed by atoms with Crippen molar-refractivity contribution in [3.63, 3.8) is 0 Å². The summed E-state index contributed by atoms with van der Waals surface area (Å²) in [6.07, 6.45) is 0.697. The lowest BCUT2D eigenvalue weighted by atomic mass is 10.0. The van der Waals surface area contributed by atoms with Crippen LogP contribution in [0.2, 0.25) is 5.02 Å². The summed E-state index contributed by atoms with van der Waals surface area (Å²) in [6, 6.07) is 5.32. The molecule has 4 heteroatoms. The zero-order valence-electron chi connectivity index (χ0n) is 10.3. The van der Waals surface area contributed by atoms with Crippen molar-refractivity contribution in [1.29, 1.82) is 0 Å². The summed E-state index contributed by atoms with van der Waals surface area (Å²) in [5.74, 6) is 0.628. The van der Waals surface area contributed by atoms with Crippen molar-refractivity contribution in [3.8, 4) is 5.75 Å². The van der Waals surface area contributed by atoms with E-state index in [1.54, 1.807) is 18.2 Å². The van der Waals surface area contributed by atoms with Crippen LogP contribution in [-0.4, -0.2) is 22.9 Å². The molecule has 0 aliphatic carbocycles. The fraction of sp³-hybridized carbons (Fsp3) is 0.538. The van der Waals surface area contributed by atoms with Crippen LogP contribution in [0.5, 0.6) is 5.75 Å². The molecule has 0 radical (unpaired) electrons. The largest absolute Gasteiger partial charge is 0.508 e. The van der Waals surface area contributed by atoms with Gasteiger partial charge in [-0.25, -0.2) is 0 Å². The molecule has 0 aliphatic rings. The minimum atomic E-state index is 0.157. The van der Waals surface area contributed by atoms with E-state index < -0.39 is 0 Å². The Morgan fingerprint density at radius 3 is 2.59 bits per heavy atom. The Labute approximate surface area is 107 Å². The van der Waals surface area contributed by atoms with Gasteiger partial charge in [0.05, 0.1) is 0 Å². The molecule has 3 nitrogen and oxygen atoms in total. The van der Waals surface area contributed by atoms with Gasteiger partial charge in [0, 0.05) is 29.8 Å². The van der Waals surface area contributed by atoms with Gasteiger partial charge in [-0.1, -0.05) is 31.5 Å². The Bertz CT molecular complexity index is 335. The minimum absolute atomic E-state index is 0.157. The maximum absolute atomic E-state index is 9.70. The lowest BCUT2D eigenvalue weighted by Crippen LogP contribution is -2.34. The first-order valence-electron chi connectivity index (χ1n) is 5.86. The number of phenols is 1. The Morgan fingerprint density at radius 1 is 1.35 bits per heavy atom. The molecule has 0 spiro atoms. The smallest absolute Gasteiger partial charge is 0.121 e. The SMILES string of the molecule is CC(C)C(CCO)NCc1c(O)cccc1Cl.